The number of hydrogen-bond acceptors (Lipinski definition) is 1. The number of rotatable bonds is 1. The van der Waals surface area contributed by atoms with Crippen LogP contribution in [0.1, 0.15) is 5.56 Å². The zero-order valence-corrected chi connectivity index (χ0v) is 11.7. The second-order valence-electron chi connectivity index (χ2n) is 3.77. The lowest BCUT2D eigenvalue weighted by molar-refractivity contribution is -0.138. The Morgan fingerprint density at radius 2 is 1.60 bits per heavy atom. The summed E-state index contributed by atoms with van der Waals surface area (Å²) in [5.74, 6) is -1.19. The molecule has 0 amide bonds. The summed E-state index contributed by atoms with van der Waals surface area (Å²) in [6.07, 6.45) is -4.18. The number of pyridine rings is 1. The smallest absolute Gasteiger partial charge is 0.252 e. The van der Waals surface area contributed by atoms with Gasteiger partial charge >= 0.3 is 6.18 Å². The van der Waals surface area contributed by atoms with Crippen LogP contribution in [-0.2, 0) is 6.18 Å². The topological polar surface area (TPSA) is 12.9 Å². The molecule has 0 bridgehead atoms. The monoisotopic (exact) mass is 343 g/mol. The minimum absolute atomic E-state index is 0.0329. The molecule has 0 saturated carbocycles. The molecule has 0 aliphatic carbocycles. The Hall–Kier alpha value is -1.04. The predicted molar refractivity (Wildman–Crippen MR) is 69.7 cm³/mol. The van der Waals surface area contributed by atoms with Crippen LogP contribution in [0.15, 0.2) is 24.4 Å². The van der Waals surface area contributed by atoms with Crippen molar-refractivity contribution in [3.8, 4) is 11.3 Å². The van der Waals surface area contributed by atoms with E-state index >= 15 is 0 Å². The summed E-state index contributed by atoms with van der Waals surface area (Å²) in [5, 5.41) is 0.0445. The fourth-order valence-electron chi connectivity index (χ4n) is 1.52. The molecule has 106 valence electrons. The zero-order chi connectivity index (χ0) is 15.1. The van der Waals surface area contributed by atoms with Crippen LogP contribution < -0.4 is 0 Å². The number of aromatic nitrogens is 1. The maximum absolute atomic E-state index is 13.8. The molecule has 20 heavy (non-hydrogen) atoms. The van der Waals surface area contributed by atoms with Crippen LogP contribution in [0.4, 0.5) is 17.6 Å². The lowest BCUT2D eigenvalue weighted by atomic mass is 10.1. The molecule has 2 rings (SSSR count). The highest BCUT2D eigenvalue weighted by molar-refractivity contribution is 6.46. The Bertz CT molecular complexity index is 670. The van der Waals surface area contributed by atoms with E-state index in [2.05, 4.69) is 4.98 Å². The number of alkyl halides is 3. The summed E-state index contributed by atoms with van der Waals surface area (Å²) < 4.78 is 51.2. The average molecular weight is 345 g/mol. The first-order valence-electron chi connectivity index (χ1n) is 5.08. The molecule has 1 nitrogen and oxygen atoms in total. The summed E-state index contributed by atoms with van der Waals surface area (Å²) in [4.78, 5) is 3.46. The van der Waals surface area contributed by atoms with E-state index in [0.717, 1.165) is 0 Å². The van der Waals surface area contributed by atoms with Crippen LogP contribution >= 0.6 is 34.8 Å². The van der Waals surface area contributed by atoms with Crippen LogP contribution in [0, 0.1) is 5.82 Å². The second kappa shape index (κ2) is 5.39. The van der Waals surface area contributed by atoms with E-state index in [-0.39, 0.29) is 20.6 Å². The van der Waals surface area contributed by atoms with Crippen LogP contribution in [0.25, 0.3) is 11.3 Å². The number of benzene rings is 1. The molecule has 2 aromatic rings. The van der Waals surface area contributed by atoms with Gasteiger partial charge in [-0.2, -0.15) is 13.2 Å². The van der Waals surface area contributed by atoms with Gasteiger partial charge in [-0.05, 0) is 18.2 Å². The minimum atomic E-state index is -4.69. The summed E-state index contributed by atoms with van der Waals surface area (Å²) in [5.41, 5.74) is -1.64. The van der Waals surface area contributed by atoms with Crippen LogP contribution in [-0.4, -0.2) is 4.98 Å². The van der Waals surface area contributed by atoms with Gasteiger partial charge < -0.3 is 0 Å². The fourth-order valence-corrected chi connectivity index (χ4v) is 2.23. The summed E-state index contributed by atoms with van der Waals surface area (Å²) >= 11 is 17.5. The number of nitrogens with zero attached hydrogens (tertiary/aromatic N) is 1. The molecule has 0 unspecified atom stereocenters. The predicted octanol–water partition coefficient (Wildman–Crippen LogP) is 5.87. The van der Waals surface area contributed by atoms with Crippen molar-refractivity contribution >= 4 is 34.8 Å². The lowest BCUT2D eigenvalue weighted by Crippen LogP contribution is -2.07. The first-order valence-corrected chi connectivity index (χ1v) is 6.22. The molecule has 1 aromatic carbocycles. The normalized spacial score (nSPS) is 11.8. The van der Waals surface area contributed by atoms with Crippen molar-refractivity contribution in [3.05, 3.63) is 50.8 Å². The highest BCUT2D eigenvalue weighted by Gasteiger charge is 2.32. The molecule has 1 aromatic heterocycles. The molecule has 0 aliphatic heterocycles. The number of halogens is 7. The molecular weight excluding hydrogens is 340 g/mol. The molecule has 0 fully saturated rings. The first kappa shape index (κ1) is 15.4. The van der Waals surface area contributed by atoms with Gasteiger partial charge in [0.15, 0.2) is 0 Å². The SMILES string of the molecule is Fc1cc(C(F)(F)F)cnc1-c1c(Cl)ccc(Cl)c1Cl. The molecule has 0 spiro atoms. The highest BCUT2D eigenvalue weighted by Crippen LogP contribution is 2.40. The Kier molecular flexibility index (Phi) is 4.14. The van der Waals surface area contributed by atoms with Crippen molar-refractivity contribution in [2.45, 2.75) is 6.18 Å². The van der Waals surface area contributed by atoms with E-state index in [1.807, 2.05) is 0 Å². The summed E-state index contributed by atoms with van der Waals surface area (Å²) in [7, 11) is 0. The quantitative estimate of drug-likeness (QED) is 0.466. The van der Waals surface area contributed by atoms with Gasteiger partial charge in [0.1, 0.15) is 11.5 Å². The van der Waals surface area contributed by atoms with Gasteiger partial charge in [0.05, 0.1) is 20.6 Å². The van der Waals surface area contributed by atoms with Gasteiger partial charge in [-0.3, -0.25) is 4.98 Å². The lowest BCUT2D eigenvalue weighted by Gasteiger charge is -2.11. The third-order valence-electron chi connectivity index (χ3n) is 2.45. The van der Waals surface area contributed by atoms with Crippen molar-refractivity contribution < 1.29 is 17.6 Å². The highest BCUT2D eigenvalue weighted by atomic mass is 35.5. The van der Waals surface area contributed by atoms with Gasteiger partial charge in [-0.25, -0.2) is 4.39 Å². The van der Waals surface area contributed by atoms with Gasteiger partial charge in [0.25, 0.3) is 0 Å². The van der Waals surface area contributed by atoms with E-state index < -0.39 is 23.3 Å². The first-order chi connectivity index (χ1) is 9.21. The fraction of sp³-hybridized carbons (Fsp3) is 0.0833. The van der Waals surface area contributed by atoms with Crippen molar-refractivity contribution in [3.63, 3.8) is 0 Å². The van der Waals surface area contributed by atoms with E-state index in [1.165, 1.54) is 12.1 Å². The molecule has 0 N–H and O–H groups in total. The average Bonchev–Trinajstić information content (AvgIpc) is 2.35. The van der Waals surface area contributed by atoms with E-state index in [0.29, 0.717) is 12.3 Å². The van der Waals surface area contributed by atoms with E-state index in [1.54, 1.807) is 0 Å². The van der Waals surface area contributed by atoms with Crippen molar-refractivity contribution in [2.24, 2.45) is 0 Å². The van der Waals surface area contributed by atoms with Crippen molar-refractivity contribution in [2.75, 3.05) is 0 Å². The Morgan fingerprint density at radius 3 is 2.15 bits per heavy atom. The Morgan fingerprint density at radius 1 is 1.00 bits per heavy atom. The van der Waals surface area contributed by atoms with Crippen LogP contribution in [0.2, 0.25) is 15.1 Å². The van der Waals surface area contributed by atoms with Gasteiger partial charge in [-0.1, -0.05) is 34.8 Å². The minimum Gasteiger partial charge on any atom is -0.252 e. The van der Waals surface area contributed by atoms with E-state index in [4.69, 9.17) is 34.8 Å². The van der Waals surface area contributed by atoms with Crippen LogP contribution in [0.3, 0.4) is 0 Å². The van der Waals surface area contributed by atoms with Crippen molar-refractivity contribution in [1.82, 2.24) is 4.98 Å². The zero-order valence-electron chi connectivity index (χ0n) is 9.40. The standard InChI is InChI=1S/C12H4Cl3F4N/c13-6-1-2-7(14)10(15)9(6)11-8(16)3-5(4-20-11)12(17,18)19/h1-4H. The molecule has 8 heteroatoms. The molecule has 1 heterocycles. The Balaban J connectivity index is 2.64. The molecule has 0 saturated heterocycles. The molecule has 0 aliphatic rings. The maximum Gasteiger partial charge on any atom is 0.417 e. The van der Waals surface area contributed by atoms with Gasteiger partial charge in [-0.15, -0.1) is 0 Å². The summed E-state index contributed by atoms with van der Waals surface area (Å²) in [6.45, 7) is 0. The number of hydrogen-bond donors (Lipinski definition) is 0. The third-order valence-corrected chi connectivity index (χ3v) is 3.57. The van der Waals surface area contributed by atoms with Crippen molar-refractivity contribution in [1.29, 1.82) is 0 Å². The van der Waals surface area contributed by atoms with Crippen LogP contribution in [0.5, 0.6) is 0 Å². The van der Waals surface area contributed by atoms with Gasteiger partial charge in [0, 0.05) is 11.8 Å². The third kappa shape index (κ3) is 2.85. The largest absolute Gasteiger partial charge is 0.417 e. The molecule has 0 atom stereocenters. The molecule has 0 radical (unpaired) electrons. The maximum atomic E-state index is 13.8. The summed E-state index contributed by atoms with van der Waals surface area (Å²) in [6, 6.07) is 3.07. The van der Waals surface area contributed by atoms with Gasteiger partial charge in [0.2, 0.25) is 0 Å². The Labute approximate surface area is 126 Å². The second-order valence-corrected chi connectivity index (χ2v) is 4.96. The van der Waals surface area contributed by atoms with E-state index in [9.17, 15) is 17.6 Å². The molecular formula is C12H4Cl3F4N.